The van der Waals surface area contributed by atoms with Gasteiger partial charge in [0.1, 0.15) is 5.54 Å². The molecule has 1 fully saturated rings. The Labute approximate surface area is 91.1 Å². The zero-order valence-corrected chi connectivity index (χ0v) is 9.62. The van der Waals surface area contributed by atoms with E-state index in [1.165, 1.54) is 7.11 Å². The van der Waals surface area contributed by atoms with E-state index in [4.69, 9.17) is 15.2 Å². The Kier molecular flexibility index (Phi) is 4.54. The lowest BCUT2D eigenvalue weighted by Gasteiger charge is -2.28. The lowest BCUT2D eigenvalue weighted by atomic mass is 9.86. The number of carbonyl (C=O) groups is 1. The van der Waals surface area contributed by atoms with E-state index in [0.29, 0.717) is 13.2 Å². The van der Waals surface area contributed by atoms with Crippen LogP contribution in [0.3, 0.4) is 0 Å². The van der Waals surface area contributed by atoms with Crippen LogP contribution in [0, 0.1) is 5.92 Å². The SMILES string of the molecule is CCOCCC1CCCC1(N)C(=O)OC. The molecule has 2 N–H and O–H groups in total. The fraction of sp³-hybridized carbons (Fsp3) is 0.909. The molecule has 0 saturated heterocycles. The molecule has 0 radical (unpaired) electrons. The highest BCUT2D eigenvalue weighted by Crippen LogP contribution is 2.36. The summed E-state index contributed by atoms with van der Waals surface area (Å²) in [5.74, 6) is -0.0713. The van der Waals surface area contributed by atoms with Crippen LogP contribution in [0.15, 0.2) is 0 Å². The van der Waals surface area contributed by atoms with Crippen LogP contribution in [0.2, 0.25) is 0 Å². The van der Waals surface area contributed by atoms with Gasteiger partial charge in [-0.15, -0.1) is 0 Å². The van der Waals surface area contributed by atoms with Gasteiger partial charge in [-0.1, -0.05) is 6.42 Å². The first-order valence-corrected chi connectivity index (χ1v) is 5.60. The summed E-state index contributed by atoms with van der Waals surface area (Å²) in [5, 5.41) is 0. The number of carbonyl (C=O) groups excluding carboxylic acids is 1. The zero-order valence-electron chi connectivity index (χ0n) is 9.62. The van der Waals surface area contributed by atoms with Crippen molar-refractivity contribution in [1.82, 2.24) is 0 Å². The molecule has 4 nitrogen and oxygen atoms in total. The second-order valence-electron chi connectivity index (χ2n) is 4.11. The highest BCUT2D eigenvalue weighted by molar-refractivity contribution is 5.81. The van der Waals surface area contributed by atoms with Crippen LogP contribution < -0.4 is 5.73 Å². The minimum absolute atomic E-state index is 0.205. The van der Waals surface area contributed by atoms with E-state index < -0.39 is 5.54 Å². The molecular formula is C11H21NO3. The van der Waals surface area contributed by atoms with E-state index in [9.17, 15) is 4.79 Å². The quantitative estimate of drug-likeness (QED) is 0.550. The Balaban J connectivity index is 2.51. The van der Waals surface area contributed by atoms with E-state index in [2.05, 4.69) is 0 Å². The van der Waals surface area contributed by atoms with E-state index >= 15 is 0 Å². The van der Waals surface area contributed by atoms with Crippen LogP contribution >= 0.6 is 0 Å². The van der Waals surface area contributed by atoms with Gasteiger partial charge in [0.2, 0.25) is 0 Å². The van der Waals surface area contributed by atoms with Crippen LogP contribution in [0.5, 0.6) is 0 Å². The molecule has 2 unspecified atom stereocenters. The fourth-order valence-corrected chi connectivity index (χ4v) is 2.33. The van der Waals surface area contributed by atoms with E-state index in [-0.39, 0.29) is 11.9 Å². The highest BCUT2D eigenvalue weighted by atomic mass is 16.5. The number of hydrogen-bond acceptors (Lipinski definition) is 4. The maximum atomic E-state index is 11.6. The molecule has 0 aliphatic heterocycles. The molecule has 1 saturated carbocycles. The Morgan fingerprint density at radius 2 is 2.33 bits per heavy atom. The number of rotatable bonds is 5. The predicted molar refractivity (Wildman–Crippen MR) is 57.4 cm³/mol. The molecule has 88 valence electrons. The fourth-order valence-electron chi connectivity index (χ4n) is 2.33. The average Bonchev–Trinajstić information content (AvgIpc) is 2.61. The molecule has 15 heavy (non-hydrogen) atoms. The average molecular weight is 215 g/mol. The van der Waals surface area contributed by atoms with Gasteiger partial charge in [-0.05, 0) is 32.1 Å². The largest absolute Gasteiger partial charge is 0.468 e. The summed E-state index contributed by atoms with van der Waals surface area (Å²) in [7, 11) is 1.40. The summed E-state index contributed by atoms with van der Waals surface area (Å²) in [4.78, 5) is 11.6. The number of methoxy groups -OCH3 is 1. The monoisotopic (exact) mass is 215 g/mol. The standard InChI is InChI=1S/C11H21NO3/c1-3-15-8-6-9-5-4-7-11(9,12)10(13)14-2/h9H,3-8,12H2,1-2H3. The Morgan fingerprint density at radius 3 is 2.93 bits per heavy atom. The molecule has 0 amide bonds. The summed E-state index contributed by atoms with van der Waals surface area (Å²) in [5.41, 5.74) is 5.34. The number of esters is 1. The van der Waals surface area contributed by atoms with E-state index in [0.717, 1.165) is 25.7 Å². The van der Waals surface area contributed by atoms with Crippen molar-refractivity contribution in [2.45, 2.75) is 38.1 Å². The minimum Gasteiger partial charge on any atom is -0.468 e. The molecule has 0 aromatic carbocycles. The van der Waals surface area contributed by atoms with Gasteiger partial charge in [0, 0.05) is 13.2 Å². The summed E-state index contributed by atoms with van der Waals surface area (Å²) < 4.78 is 10.1. The molecule has 0 spiro atoms. The molecule has 0 aromatic rings. The van der Waals surface area contributed by atoms with Crippen molar-refractivity contribution < 1.29 is 14.3 Å². The third kappa shape index (κ3) is 2.69. The van der Waals surface area contributed by atoms with Crippen molar-refractivity contribution in [3.8, 4) is 0 Å². The predicted octanol–water partition coefficient (Wildman–Crippen LogP) is 1.08. The second kappa shape index (κ2) is 5.47. The summed E-state index contributed by atoms with van der Waals surface area (Å²) >= 11 is 0. The third-order valence-electron chi connectivity index (χ3n) is 3.25. The van der Waals surface area contributed by atoms with Crippen molar-refractivity contribution in [3.05, 3.63) is 0 Å². The molecule has 1 aliphatic rings. The first-order valence-electron chi connectivity index (χ1n) is 5.60. The minimum atomic E-state index is -0.772. The smallest absolute Gasteiger partial charge is 0.326 e. The molecule has 0 heterocycles. The Hall–Kier alpha value is -0.610. The first-order chi connectivity index (χ1) is 7.15. The van der Waals surface area contributed by atoms with Crippen LogP contribution in [0.25, 0.3) is 0 Å². The highest BCUT2D eigenvalue weighted by Gasteiger charge is 2.46. The van der Waals surface area contributed by atoms with Crippen molar-refractivity contribution >= 4 is 5.97 Å². The molecular weight excluding hydrogens is 194 g/mol. The van der Waals surface area contributed by atoms with Crippen LogP contribution in [0.1, 0.15) is 32.6 Å². The van der Waals surface area contributed by atoms with Gasteiger partial charge < -0.3 is 15.2 Å². The second-order valence-corrected chi connectivity index (χ2v) is 4.11. The normalized spacial score (nSPS) is 30.5. The van der Waals surface area contributed by atoms with Crippen LogP contribution in [-0.4, -0.2) is 31.8 Å². The van der Waals surface area contributed by atoms with Gasteiger partial charge in [-0.3, -0.25) is 4.79 Å². The van der Waals surface area contributed by atoms with Crippen LogP contribution in [-0.2, 0) is 14.3 Å². The lowest BCUT2D eigenvalue weighted by molar-refractivity contribution is -0.148. The van der Waals surface area contributed by atoms with Crippen molar-refractivity contribution in [1.29, 1.82) is 0 Å². The Morgan fingerprint density at radius 1 is 1.60 bits per heavy atom. The van der Waals surface area contributed by atoms with Gasteiger partial charge >= 0.3 is 5.97 Å². The third-order valence-corrected chi connectivity index (χ3v) is 3.25. The topological polar surface area (TPSA) is 61.5 Å². The van der Waals surface area contributed by atoms with Gasteiger partial charge in [0.25, 0.3) is 0 Å². The first kappa shape index (κ1) is 12.5. The maximum Gasteiger partial charge on any atom is 0.326 e. The number of ether oxygens (including phenoxy) is 2. The van der Waals surface area contributed by atoms with Crippen molar-refractivity contribution in [2.75, 3.05) is 20.3 Å². The molecule has 4 heteroatoms. The summed E-state index contributed by atoms with van der Waals surface area (Å²) in [6.45, 7) is 3.35. The molecule has 0 bridgehead atoms. The van der Waals surface area contributed by atoms with Gasteiger partial charge in [-0.25, -0.2) is 0 Å². The molecule has 2 atom stereocenters. The summed E-state index contributed by atoms with van der Waals surface area (Å²) in [6, 6.07) is 0. The van der Waals surface area contributed by atoms with Gasteiger partial charge in [-0.2, -0.15) is 0 Å². The zero-order chi connectivity index (χ0) is 11.3. The number of hydrogen-bond donors (Lipinski definition) is 1. The van der Waals surface area contributed by atoms with E-state index in [1.54, 1.807) is 0 Å². The van der Waals surface area contributed by atoms with Gasteiger partial charge in [0.15, 0.2) is 0 Å². The van der Waals surface area contributed by atoms with E-state index in [1.807, 2.05) is 6.92 Å². The Bertz CT molecular complexity index is 220. The molecule has 0 aromatic heterocycles. The summed E-state index contributed by atoms with van der Waals surface area (Å²) in [6.07, 6.45) is 3.58. The van der Waals surface area contributed by atoms with Crippen molar-refractivity contribution in [2.24, 2.45) is 11.7 Å². The number of nitrogens with two attached hydrogens (primary N) is 1. The van der Waals surface area contributed by atoms with Crippen molar-refractivity contribution in [3.63, 3.8) is 0 Å². The van der Waals surface area contributed by atoms with Gasteiger partial charge in [0.05, 0.1) is 7.11 Å². The lowest BCUT2D eigenvalue weighted by Crippen LogP contribution is -2.51. The molecule has 1 aliphatic carbocycles. The molecule has 1 rings (SSSR count). The maximum absolute atomic E-state index is 11.6. The van der Waals surface area contributed by atoms with Crippen LogP contribution in [0.4, 0.5) is 0 Å².